The molecule has 0 aliphatic carbocycles. The number of nitrogens with zero attached hydrogens (tertiary/aromatic N) is 3. The first-order valence-electron chi connectivity index (χ1n) is 7.35. The summed E-state index contributed by atoms with van der Waals surface area (Å²) in [4.78, 5) is 12.6. The average molecular weight is 350 g/mol. The second-order valence-electron chi connectivity index (χ2n) is 5.03. The predicted molar refractivity (Wildman–Crippen MR) is 89.4 cm³/mol. The zero-order valence-corrected chi connectivity index (χ0v) is 14.5. The summed E-state index contributed by atoms with van der Waals surface area (Å²) in [6.07, 6.45) is 1.02. The Bertz CT molecular complexity index is 737. The van der Waals surface area contributed by atoms with Gasteiger partial charge in [0.25, 0.3) is 5.91 Å². The number of fused-ring (bicyclic) bond motifs is 1. The van der Waals surface area contributed by atoms with Crippen molar-refractivity contribution >= 4 is 23.6 Å². The molecule has 24 heavy (non-hydrogen) atoms. The van der Waals surface area contributed by atoms with Gasteiger partial charge in [0.05, 0.1) is 21.3 Å². The van der Waals surface area contributed by atoms with Crippen molar-refractivity contribution in [3.05, 3.63) is 17.7 Å². The third-order valence-electron chi connectivity index (χ3n) is 3.63. The molecular formula is C15H18N4O4S. The van der Waals surface area contributed by atoms with E-state index in [0.29, 0.717) is 28.8 Å². The Labute approximate surface area is 143 Å². The molecular weight excluding hydrogens is 332 g/mol. The Kier molecular flexibility index (Phi) is 4.79. The SMILES string of the molecule is COc1cc(C(=O)Nc2nnc3n2CCCS3)cc(OC)c1OC. The molecule has 2 heterocycles. The van der Waals surface area contributed by atoms with Crippen LogP contribution in [-0.2, 0) is 6.54 Å². The van der Waals surface area contributed by atoms with E-state index in [9.17, 15) is 4.79 Å². The number of carbonyl (C=O) groups excluding carboxylic acids is 1. The summed E-state index contributed by atoms with van der Waals surface area (Å²) < 4.78 is 17.7. The van der Waals surface area contributed by atoms with Crippen molar-refractivity contribution in [2.45, 2.75) is 18.1 Å². The number of hydrogen-bond donors (Lipinski definition) is 1. The Hall–Kier alpha value is -2.42. The molecule has 0 fully saturated rings. The first-order valence-corrected chi connectivity index (χ1v) is 8.33. The van der Waals surface area contributed by atoms with Crippen molar-refractivity contribution in [1.29, 1.82) is 0 Å². The van der Waals surface area contributed by atoms with Gasteiger partial charge < -0.3 is 14.2 Å². The fourth-order valence-electron chi connectivity index (χ4n) is 2.46. The van der Waals surface area contributed by atoms with Gasteiger partial charge in [-0.25, -0.2) is 0 Å². The van der Waals surface area contributed by atoms with Gasteiger partial charge >= 0.3 is 0 Å². The normalized spacial score (nSPS) is 13.1. The maximum atomic E-state index is 12.6. The van der Waals surface area contributed by atoms with Crippen LogP contribution >= 0.6 is 11.8 Å². The molecule has 0 spiro atoms. The number of aromatic nitrogens is 3. The second kappa shape index (κ2) is 7.00. The van der Waals surface area contributed by atoms with Crippen LogP contribution in [-0.4, -0.2) is 47.8 Å². The Balaban J connectivity index is 1.89. The molecule has 1 amide bonds. The minimum atomic E-state index is -0.319. The molecule has 0 saturated heterocycles. The summed E-state index contributed by atoms with van der Waals surface area (Å²) in [5, 5.41) is 11.8. The van der Waals surface area contributed by atoms with Crippen molar-refractivity contribution in [1.82, 2.24) is 14.8 Å². The van der Waals surface area contributed by atoms with Crippen molar-refractivity contribution in [2.24, 2.45) is 0 Å². The quantitative estimate of drug-likeness (QED) is 0.883. The molecule has 3 rings (SSSR count). The van der Waals surface area contributed by atoms with Crippen LogP contribution in [0.5, 0.6) is 17.2 Å². The topological polar surface area (TPSA) is 87.5 Å². The lowest BCUT2D eigenvalue weighted by Crippen LogP contribution is -2.18. The maximum Gasteiger partial charge on any atom is 0.258 e. The van der Waals surface area contributed by atoms with Crippen LogP contribution < -0.4 is 19.5 Å². The molecule has 1 N–H and O–H groups in total. The van der Waals surface area contributed by atoms with E-state index in [1.807, 2.05) is 4.57 Å². The fraction of sp³-hybridized carbons (Fsp3) is 0.400. The van der Waals surface area contributed by atoms with E-state index >= 15 is 0 Å². The monoisotopic (exact) mass is 350 g/mol. The fourth-order valence-corrected chi connectivity index (χ4v) is 3.35. The third-order valence-corrected chi connectivity index (χ3v) is 4.68. The van der Waals surface area contributed by atoms with Gasteiger partial charge in [0, 0.05) is 17.9 Å². The first-order chi connectivity index (χ1) is 11.7. The summed E-state index contributed by atoms with van der Waals surface area (Å²) in [6, 6.07) is 3.19. The van der Waals surface area contributed by atoms with Crippen LogP contribution in [0.2, 0.25) is 0 Å². The predicted octanol–water partition coefficient (Wildman–Crippen LogP) is 2.05. The standard InChI is InChI=1S/C15H18N4O4S/c1-21-10-7-9(8-11(22-2)12(10)23-3)13(20)16-14-17-18-15-19(14)5-4-6-24-15/h7-8H,4-6H2,1-3H3,(H,16,17,20). The van der Waals surface area contributed by atoms with Crippen molar-refractivity contribution in [3.63, 3.8) is 0 Å². The van der Waals surface area contributed by atoms with Gasteiger partial charge in [-0.05, 0) is 18.6 Å². The van der Waals surface area contributed by atoms with Gasteiger partial charge in [-0.2, -0.15) is 0 Å². The van der Waals surface area contributed by atoms with E-state index in [-0.39, 0.29) is 5.91 Å². The van der Waals surface area contributed by atoms with Crippen LogP contribution in [0.3, 0.4) is 0 Å². The van der Waals surface area contributed by atoms with Crippen LogP contribution in [0.1, 0.15) is 16.8 Å². The van der Waals surface area contributed by atoms with Crippen molar-refractivity contribution in [3.8, 4) is 17.2 Å². The Morgan fingerprint density at radius 1 is 1.17 bits per heavy atom. The van der Waals surface area contributed by atoms with Crippen LogP contribution in [0.4, 0.5) is 5.95 Å². The molecule has 128 valence electrons. The largest absolute Gasteiger partial charge is 0.493 e. The zero-order valence-electron chi connectivity index (χ0n) is 13.7. The zero-order chi connectivity index (χ0) is 17.1. The molecule has 1 aromatic carbocycles. The van der Waals surface area contributed by atoms with E-state index in [2.05, 4.69) is 15.5 Å². The molecule has 1 aliphatic rings. The lowest BCUT2D eigenvalue weighted by Gasteiger charge is -2.15. The van der Waals surface area contributed by atoms with E-state index in [1.165, 1.54) is 21.3 Å². The molecule has 0 saturated carbocycles. The Morgan fingerprint density at radius 3 is 2.50 bits per heavy atom. The molecule has 8 nitrogen and oxygen atoms in total. The van der Waals surface area contributed by atoms with Crippen molar-refractivity contribution in [2.75, 3.05) is 32.4 Å². The second-order valence-corrected chi connectivity index (χ2v) is 6.09. The minimum absolute atomic E-state index is 0.319. The molecule has 1 aliphatic heterocycles. The minimum Gasteiger partial charge on any atom is -0.493 e. The van der Waals surface area contributed by atoms with Crippen LogP contribution in [0.15, 0.2) is 17.3 Å². The van der Waals surface area contributed by atoms with Gasteiger partial charge in [-0.1, -0.05) is 11.8 Å². The number of benzene rings is 1. The number of hydrogen-bond acceptors (Lipinski definition) is 7. The highest BCUT2D eigenvalue weighted by atomic mass is 32.2. The average Bonchev–Trinajstić information content (AvgIpc) is 3.03. The van der Waals surface area contributed by atoms with Gasteiger partial charge in [0.1, 0.15) is 0 Å². The number of carbonyl (C=O) groups is 1. The summed E-state index contributed by atoms with van der Waals surface area (Å²) in [6.45, 7) is 0.792. The number of nitrogens with one attached hydrogen (secondary N) is 1. The van der Waals surface area contributed by atoms with Crippen LogP contribution in [0, 0.1) is 0 Å². The third kappa shape index (κ3) is 2.99. The molecule has 0 bridgehead atoms. The molecule has 0 atom stereocenters. The molecule has 0 radical (unpaired) electrons. The number of thioether (sulfide) groups is 1. The molecule has 9 heteroatoms. The highest BCUT2D eigenvalue weighted by Gasteiger charge is 2.21. The first kappa shape index (κ1) is 16.4. The maximum absolute atomic E-state index is 12.6. The van der Waals surface area contributed by atoms with E-state index in [4.69, 9.17) is 14.2 Å². The van der Waals surface area contributed by atoms with Crippen LogP contribution in [0.25, 0.3) is 0 Å². The summed E-state index contributed by atoms with van der Waals surface area (Å²) >= 11 is 1.63. The van der Waals surface area contributed by atoms with Gasteiger partial charge in [-0.15, -0.1) is 10.2 Å². The Morgan fingerprint density at radius 2 is 1.88 bits per heavy atom. The van der Waals surface area contributed by atoms with Gasteiger partial charge in [0.2, 0.25) is 11.7 Å². The molecule has 2 aromatic rings. The van der Waals surface area contributed by atoms with E-state index in [1.54, 1.807) is 23.9 Å². The number of rotatable bonds is 5. The smallest absolute Gasteiger partial charge is 0.258 e. The summed E-state index contributed by atoms with van der Waals surface area (Å²) in [5.74, 6) is 2.41. The molecule has 1 aromatic heterocycles. The number of ether oxygens (including phenoxy) is 3. The number of anilines is 1. The van der Waals surface area contributed by atoms with Gasteiger partial charge in [-0.3, -0.25) is 14.7 Å². The number of methoxy groups -OCH3 is 3. The van der Waals surface area contributed by atoms with E-state index in [0.717, 1.165) is 23.9 Å². The van der Waals surface area contributed by atoms with Crippen molar-refractivity contribution < 1.29 is 19.0 Å². The highest BCUT2D eigenvalue weighted by molar-refractivity contribution is 7.99. The summed E-state index contributed by atoms with van der Waals surface area (Å²) in [5.41, 5.74) is 0.380. The van der Waals surface area contributed by atoms with Gasteiger partial charge in [0.15, 0.2) is 16.7 Å². The molecule has 0 unspecified atom stereocenters. The lowest BCUT2D eigenvalue weighted by molar-refractivity contribution is 0.102. The highest BCUT2D eigenvalue weighted by Crippen LogP contribution is 2.38. The number of amides is 1. The summed E-state index contributed by atoms with van der Waals surface area (Å²) in [7, 11) is 4.52. The van der Waals surface area contributed by atoms with E-state index < -0.39 is 0 Å². The lowest BCUT2D eigenvalue weighted by atomic mass is 10.1.